The molecule has 0 saturated heterocycles. The summed E-state index contributed by atoms with van der Waals surface area (Å²) in [4.78, 5) is 23.7. The van der Waals surface area contributed by atoms with E-state index in [0.717, 1.165) is 25.7 Å². The molecule has 1 aliphatic carbocycles. The Labute approximate surface area is 125 Å². The van der Waals surface area contributed by atoms with Gasteiger partial charge in [0.15, 0.2) is 0 Å². The largest absolute Gasteiger partial charge is 0.478 e. The minimum absolute atomic E-state index is 0.0675. The van der Waals surface area contributed by atoms with Gasteiger partial charge in [0, 0.05) is 11.0 Å². The molecule has 0 heterocycles. The van der Waals surface area contributed by atoms with Crippen molar-refractivity contribution >= 4 is 33.5 Å². The first-order chi connectivity index (χ1) is 9.48. The van der Waals surface area contributed by atoms with Crippen LogP contribution < -0.4 is 11.1 Å². The molecule has 6 heteroatoms. The van der Waals surface area contributed by atoms with Gasteiger partial charge in [-0.05, 0) is 31.0 Å². The van der Waals surface area contributed by atoms with Crippen LogP contribution in [0.4, 0.5) is 5.69 Å². The Hall–Kier alpha value is -1.40. The molecule has 0 radical (unpaired) electrons. The van der Waals surface area contributed by atoms with Crippen molar-refractivity contribution in [2.75, 3.05) is 11.9 Å². The number of amides is 1. The van der Waals surface area contributed by atoms with Gasteiger partial charge in [0.25, 0.3) is 0 Å². The highest BCUT2D eigenvalue weighted by atomic mass is 79.9. The normalized spacial score (nSPS) is 16.9. The van der Waals surface area contributed by atoms with Crippen LogP contribution in [0.1, 0.15) is 36.0 Å². The third-order valence-electron chi connectivity index (χ3n) is 3.89. The number of nitrogens with one attached hydrogen (secondary N) is 1. The van der Waals surface area contributed by atoms with Crippen LogP contribution >= 0.6 is 15.9 Å². The Morgan fingerprint density at radius 1 is 1.35 bits per heavy atom. The lowest BCUT2D eigenvalue weighted by Gasteiger charge is -2.26. The number of halogens is 1. The number of carboxylic acids is 1. The second-order valence-corrected chi connectivity index (χ2v) is 6.06. The van der Waals surface area contributed by atoms with Crippen LogP contribution in [-0.2, 0) is 4.79 Å². The summed E-state index contributed by atoms with van der Waals surface area (Å²) in [6.45, 7) is 0.289. The number of benzene rings is 1. The summed E-state index contributed by atoms with van der Waals surface area (Å²) in [6.07, 6.45) is 3.48. The zero-order valence-electron chi connectivity index (χ0n) is 11.0. The molecule has 0 spiro atoms. The molecule has 1 fully saturated rings. The third-order valence-corrected chi connectivity index (χ3v) is 4.39. The molecule has 108 valence electrons. The van der Waals surface area contributed by atoms with E-state index in [2.05, 4.69) is 21.2 Å². The fraction of sp³-hybridized carbons (Fsp3) is 0.429. The number of hydrogen-bond acceptors (Lipinski definition) is 3. The van der Waals surface area contributed by atoms with Gasteiger partial charge < -0.3 is 16.2 Å². The molecule has 2 rings (SSSR count). The number of carboxylic acid groups (broad SMARTS) is 1. The highest BCUT2D eigenvalue weighted by Gasteiger charge is 2.40. The first-order valence-corrected chi connectivity index (χ1v) is 7.32. The Bertz CT molecular complexity index is 539. The van der Waals surface area contributed by atoms with Crippen molar-refractivity contribution < 1.29 is 14.7 Å². The first kappa shape index (κ1) is 15.0. The number of anilines is 1. The SMILES string of the molecule is NCC1(C(=O)Nc2ccc(Br)cc2C(=O)O)CCCC1. The van der Waals surface area contributed by atoms with E-state index in [1.54, 1.807) is 12.1 Å². The second kappa shape index (κ2) is 5.93. The summed E-state index contributed by atoms with van der Waals surface area (Å²) in [7, 11) is 0. The van der Waals surface area contributed by atoms with E-state index in [9.17, 15) is 14.7 Å². The number of carbonyl (C=O) groups excluding carboxylic acids is 1. The topological polar surface area (TPSA) is 92.4 Å². The summed E-state index contributed by atoms with van der Waals surface area (Å²) in [5, 5.41) is 11.9. The number of rotatable bonds is 4. The first-order valence-electron chi connectivity index (χ1n) is 6.53. The summed E-state index contributed by atoms with van der Waals surface area (Å²) in [6, 6.07) is 4.76. The zero-order chi connectivity index (χ0) is 14.8. The molecule has 0 aliphatic heterocycles. The van der Waals surface area contributed by atoms with E-state index in [0.29, 0.717) is 10.2 Å². The summed E-state index contributed by atoms with van der Waals surface area (Å²) >= 11 is 3.23. The van der Waals surface area contributed by atoms with Gasteiger partial charge in [-0.1, -0.05) is 28.8 Å². The molecule has 1 saturated carbocycles. The Kier molecular flexibility index (Phi) is 4.45. The van der Waals surface area contributed by atoms with Gasteiger partial charge in [0.05, 0.1) is 16.7 Å². The second-order valence-electron chi connectivity index (χ2n) is 5.14. The molecular weight excluding hydrogens is 324 g/mol. The van der Waals surface area contributed by atoms with E-state index >= 15 is 0 Å². The summed E-state index contributed by atoms with van der Waals surface area (Å²) in [5.41, 5.74) is 5.59. The van der Waals surface area contributed by atoms with Crippen molar-refractivity contribution in [1.82, 2.24) is 0 Å². The van der Waals surface area contributed by atoms with Gasteiger partial charge in [-0.25, -0.2) is 4.79 Å². The predicted molar refractivity (Wildman–Crippen MR) is 79.7 cm³/mol. The monoisotopic (exact) mass is 340 g/mol. The highest BCUT2D eigenvalue weighted by molar-refractivity contribution is 9.10. The molecule has 0 aromatic heterocycles. The molecule has 4 N–H and O–H groups in total. The maximum Gasteiger partial charge on any atom is 0.337 e. The van der Waals surface area contributed by atoms with Crippen molar-refractivity contribution in [2.45, 2.75) is 25.7 Å². The molecule has 0 bridgehead atoms. The van der Waals surface area contributed by atoms with Gasteiger partial charge in [-0.15, -0.1) is 0 Å². The summed E-state index contributed by atoms with van der Waals surface area (Å²) in [5.74, 6) is -1.25. The number of carbonyl (C=O) groups is 2. The summed E-state index contributed by atoms with van der Waals surface area (Å²) < 4.78 is 0.655. The van der Waals surface area contributed by atoms with Crippen molar-refractivity contribution in [3.05, 3.63) is 28.2 Å². The van der Waals surface area contributed by atoms with E-state index < -0.39 is 11.4 Å². The van der Waals surface area contributed by atoms with Crippen LogP contribution in [0, 0.1) is 5.41 Å². The molecule has 0 unspecified atom stereocenters. The van der Waals surface area contributed by atoms with Crippen LogP contribution in [0.5, 0.6) is 0 Å². The van der Waals surface area contributed by atoms with E-state index in [4.69, 9.17) is 5.73 Å². The molecule has 1 amide bonds. The molecular formula is C14H17BrN2O3. The quantitative estimate of drug-likeness (QED) is 0.785. The number of hydrogen-bond donors (Lipinski definition) is 3. The zero-order valence-corrected chi connectivity index (χ0v) is 12.6. The Morgan fingerprint density at radius 3 is 2.55 bits per heavy atom. The smallest absolute Gasteiger partial charge is 0.337 e. The fourth-order valence-electron chi connectivity index (χ4n) is 2.63. The van der Waals surface area contributed by atoms with Gasteiger partial charge in [0.2, 0.25) is 5.91 Å². The average Bonchev–Trinajstić information content (AvgIpc) is 2.90. The third kappa shape index (κ3) is 2.86. The van der Waals surface area contributed by atoms with Crippen molar-refractivity contribution in [2.24, 2.45) is 11.1 Å². The Morgan fingerprint density at radius 2 is 2.00 bits per heavy atom. The van der Waals surface area contributed by atoms with E-state index in [1.165, 1.54) is 6.07 Å². The lowest BCUT2D eigenvalue weighted by Crippen LogP contribution is -2.40. The maximum absolute atomic E-state index is 12.4. The minimum atomic E-state index is -1.07. The van der Waals surface area contributed by atoms with Crippen molar-refractivity contribution in [1.29, 1.82) is 0 Å². The lowest BCUT2D eigenvalue weighted by molar-refractivity contribution is -0.124. The van der Waals surface area contributed by atoms with Crippen LogP contribution in [0.15, 0.2) is 22.7 Å². The van der Waals surface area contributed by atoms with Gasteiger partial charge in [-0.2, -0.15) is 0 Å². The van der Waals surface area contributed by atoms with Crippen LogP contribution in [0.2, 0.25) is 0 Å². The van der Waals surface area contributed by atoms with Crippen LogP contribution in [-0.4, -0.2) is 23.5 Å². The maximum atomic E-state index is 12.4. The molecule has 1 aromatic carbocycles. The van der Waals surface area contributed by atoms with Crippen molar-refractivity contribution in [3.8, 4) is 0 Å². The van der Waals surface area contributed by atoms with Crippen molar-refractivity contribution in [3.63, 3.8) is 0 Å². The average molecular weight is 341 g/mol. The minimum Gasteiger partial charge on any atom is -0.478 e. The van der Waals surface area contributed by atoms with E-state index in [-0.39, 0.29) is 18.0 Å². The molecule has 1 aromatic rings. The van der Waals surface area contributed by atoms with E-state index in [1.807, 2.05) is 0 Å². The Balaban J connectivity index is 2.25. The lowest BCUT2D eigenvalue weighted by atomic mass is 9.85. The van der Waals surface area contributed by atoms with Gasteiger partial charge in [0.1, 0.15) is 0 Å². The molecule has 0 atom stereocenters. The van der Waals surface area contributed by atoms with Crippen LogP contribution in [0.3, 0.4) is 0 Å². The number of nitrogens with two attached hydrogens (primary N) is 1. The number of aromatic carboxylic acids is 1. The highest BCUT2D eigenvalue weighted by Crippen LogP contribution is 2.38. The van der Waals surface area contributed by atoms with Crippen LogP contribution in [0.25, 0.3) is 0 Å². The standard InChI is InChI=1S/C14H17BrN2O3/c15-9-3-4-11(10(7-9)12(18)19)17-13(20)14(8-16)5-1-2-6-14/h3-4,7H,1-2,5-6,8,16H2,(H,17,20)(H,18,19). The molecule has 1 aliphatic rings. The predicted octanol–water partition coefficient (Wildman–Crippen LogP) is 2.60. The molecule has 20 heavy (non-hydrogen) atoms. The molecule has 5 nitrogen and oxygen atoms in total. The van der Waals surface area contributed by atoms with Gasteiger partial charge in [-0.3, -0.25) is 4.79 Å². The fourth-order valence-corrected chi connectivity index (χ4v) is 2.99. The van der Waals surface area contributed by atoms with Gasteiger partial charge >= 0.3 is 5.97 Å².